The fraction of sp³-hybridized carbons (Fsp3) is 0. The van der Waals surface area contributed by atoms with Gasteiger partial charge in [-0.3, -0.25) is 0 Å². The number of hydrogen-bond acceptors (Lipinski definition) is 4. The molecule has 9 aromatic rings. The maximum absolute atomic E-state index is 6.20. The SMILES string of the molecule is c1ccc(-c2nc(-c3ccc4c5ccccc5c5ccccc5c4c3)nc(-c3cccc4oc5ccccc5c34)n2)cc1. The molecule has 0 atom stereocenters. The lowest BCUT2D eigenvalue weighted by Crippen LogP contribution is -2.00. The molecule has 2 heterocycles. The zero-order chi connectivity index (χ0) is 28.3. The molecule has 0 saturated heterocycles. The normalized spacial score (nSPS) is 11.7. The first-order valence-corrected chi connectivity index (χ1v) is 14.4. The van der Waals surface area contributed by atoms with Gasteiger partial charge in [0.25, 0.3) is 0 Å². The third-order valence-corrected chi connectivity index (χ3v) is 8.31. The van der Waals surface area contributed by atoms with Gasteiger partial charge in [-0.15, -0.1) is 0 Å². The van der Waals surface area contributed by atoms with E-state index in [1.54, 1.807) is 0 Å². The Kier molecular flexibility index (Phi) is 5.16. The Hall–Kier alpha value is -5.87. The lowest BCUT2D eigenvalue weighted by atomic mass is 9.93. The lowest BCUT2D eigenvalue weighted by molar-refractivity contribution is 0.669. The van der Waals surface area contributed by atoms with Crippen LogP contribution in [0.4, 0.5) is 0 Å². The van der Waals surface area contributed by atoms with Crippen molar-refractivity contribution < 1.29 is 4.42 Å². The minimum absolute atomic E-state index is 0.615. The number of aromatic nitrogens is 3. The lowest BCUT2D eigenvalue weighted by Gasteiger charge is -2.12. The van der Waals surface area contributed by atoms with Crippen molar-refractivity contribution in [2.75, 3.05) is 0 Å². The Balaban J connectivity index is 1.33. The van der Waals surface area contributed by atoms with E-state index in [2.05, 4.69) is 78.9 Å². The zero-order valence-corrected chi connectivity index (χ0v) is 23.0. The van der Waals surface area contributed by atoms with Crippen molar-refractivity contribution in [2.45, 2.75) is 0 Å². The number of benzene rings is 7. The van der Waals surface area contributed by atoms with Crippen molar-refractivity contribution in [3.8, 4) is 34.2 Å². The average molecular weight is 550 g/mol. The van der Waals surface area contributed by atoms with Crippen LogP contribution in [0.15, 0.2) is 144 Å². The third-order valence-electron chi connectivity index (χ3n) is 8.31. The number of fused-ring (bicyclic) bond motifs is 9. The Morgan fingerprint density at radius 1 is 0.349 bits per heavy atom. The Bertz CT molecular complexity index is 2480. The molecule has 7 aromatic carbocycles. The van der Waals surface area contributed by atoms with Gasteiger partial charge in [0.15, 0.2) is 17.5 Å². The van der Waals surface area contributed by atoms with Gasteiger partial charge in [-0.25, -0.2) is 15.0 Å². The van der Waals surface area contributed by atoms with Gasteiger partial charge in [-0.1, -0.05) is 121 Å². The molecule has 0 fully saturated rings. The highest BCUT2D eigenvalue weighted by molar-refractivity contribution is 6.25. The monoisotopic (exact) mass is 549 g/mol. The van der Waals surface area contributed by atoms with Crippen molar-refractivity contribution in [3.05, 3.63) is 140 Å². The largest absolute Gasteiger partial charge is 0.456 e. The van der Waals surface area contributed by atoms with Gasteiger partial charge in [0, 0.05) is 27.5 Å². The molecule has 4 nitrogen and oxygen atoms in total. The molecule has 0 amide bonds. The van der Waals surface area contributed by atoms with Crippen LogP contribution in [0.2, 0.25) is 0 Å². The van der Waals surface area contributed by atoms with E-state index in [1.807, 2.05) is 60.7 Å². The highest BCUT2D eigenvalue weighted by Crippen LogP contribution is 2.39. The van der Waals surface area contributed by atoms with Gasteiger partial charge in [-0.05, 0) is 50.5 Å². The molecule has 0 spiro atoms. The van der Waals surface area contributed by atoms with Gasteiger partial charge in [0.2, 0.25) is 0 Å². The first-order chi connectivity index (χ1) is 21.3. The summed E-state index contributed by atoms with van der Waals surface area (Å²) in [6, 6.07) is 48.1. The first-order valence-electron chi connectivity index (χ1n) is 14.4. The van der Waals surface area contributed by atoms with Crippen molar-refractivity contribution in [2.24, 2.45) is 0 Å². The van der Waals surface area contributed by atoms with E-state index in [9.17, 15) is 0 Å². The molecule has 0 bridgehead atoms. The summed E-state index contributed by atoms with van der Waals surface area (Å²) in [5, 5.41) is 9.39. The van der Waals surface area contributed by atoms with E-state index in [4.69, 9.17) is 19.4 Å². The van der Waals surface area contributed by atoms with E-state index in [0.717, 1.165) is 38.6 Å². The minimum Gasteiger partial charge on any atom is -0.456 e. The highest BCUT2D eigenvalue weighted by Gasteiger charge is 2.18. The number of hydrogen-bond donors (Lipinski definition) is 0. The predicted molar refractivity (Wildman–Crippen MR) is 176 cm³/mol. The fourth-order valence-electron chi connectivity index (χ4n) is 6.35. The smallest absolute Gasteiger partial charge is 0.164 e. The van der Waals surface area contributed by atoms with E-state index >= 15 is 0 Å². The summed E-state index contributed by atoms with van der Waals surface area (Å²) in [7, 11) is 0. The van der Waals surface area contributed by atoms with Crippen molar-refractivity contribution in [3.63, 3.8) is 0 Å². The summed E-state index contributed by atoms with van der Waals surface area (Å²) >= 11 is 0. The van der Waals surface area contributed by atoms with Crippen LogP contribution in [0.3, 0.4) is 0 Å². The van der Waals surface area contributed by atoms with Crippen LogP contribution in [-0.4, -0.2) is 15.0 Å². The molecule has 43 heavy (non-hydrogen) atoms. The highest BCUT2D eigenvalue weighted by atomic mass is 16.3. The molecule has 200 valence electrons. The Morgan fingerprint density at radius 2 is 0.884 bits per heavy atom. The molecule has 9 rings (SSSR count). The molecule has 0 N–H and O–H groups in total. The molecule has 0 aliphatic rings. The van der Waals surface area contributed by atoms with Crippen molar-refractivity contribution >= 4 is 54.3 Å². The standard InChI is InChI=1S/C39H23N3O/c1-2-11-24(12-3-1)37-40-38(42-39(41-37)32-18-10-20-35-36(32)31-17-8-9-19-34(31)43-35)25-21-22-30-28-15-5-4-13-26(28)27-14-6-7-16-29(27)33(30)23-25/h1-23H. The molecule has 0 saturated carbocycles. The topological polar surface area (TPSA) is 51.8 Å². The number of nitrogens with zero attached hydrogens (tertiary/aromatic N) is 3. The van der Waals surface area contributed by atoms with Gasteiger partial charge in [0.05, 0.1) is 0 Å². The second-order valence-electron chi connectivity index (χ2n) is 10.8. The van der Waals surface area contributed by atoms with Crippen LogP contribution in [0, 0.1) is 0 Å². The van der Waals surface area contributed by atoms with Crippen LogP contribution in [0.1, 0.15) is 0 Å². The maximum atomic E-state index is 6.20. The molecule has 0 unspecified atom stereocenters. The molecule has 2 aromatic heterocycles. The summed E-state index contributed by atoms with van der Waals surface area (Å²) < 4.78 is 6.20. The van der Waals surface area contributed by atoms with Gasteiger partial charge in [-0.2, -0.15) is 0 Å². The maximum Gasteiger partial charge on any atom is 0.164 e. The second kappa shape index (κ2) is 9.33. The third kappa shape index (κ3) is 3.74. The van der Waals surface area contributed by atoms with Crippen LogP contribution >= 0.6 is 0 Å². The molecule has 4 heteroatoms. The quantitative estimate of drug-likeness (QED) is 0.206. The van der Waals surface area contributed by atoms with Crippen molar-refractivity contribution in [1.29, 1.82) is 0 Å². The molecule has 0 aliphatic carbocycles. The molecule has 0 aliphatic heterocycles. The van der Waals surface area contributed by atoms with Crippen LogP contribution in [-0.2, 0) is 0 Å². The molecule has 0 radical (unpaired) electrons. The predicted octanol–water partition coefficient (Wildman–Crippen LogP) is 10.2. The van der Waals surface area contributed by atoms with Gasteiger partial charge < -0.3 is 4.42 Å². The summed E-state index contributed by atoms with van der Waals surface area (Å²) in [6.07, 6.45) is 0. The average Bonchev–Trinajstić information content (AvgIpc) is 3.47. The second-order valence-corrected chi connectivity index (χ2v) is 10.8. The summed E-state index contributed by atoms with van der Waals surface area (Å²) in [5.41, 5.74) is 4.45. The Morgan fingerprint density at radius 3 is 1.60 bits per heavy atom. The van der Waals surface area contributed by atoms with E-state index in [0.29, 0.717) is 17.5 Å². The van der Waals surface area contributed by atoms with Crippen LogP contribution in [0.25, 0.3) is 88.4 Å². The van der Waals surface area contributed by atoms with Crippen molar-refractivity contribution in [1.82, 2.24) is 15.0 Å². The van der Waals surface area contributed by atoms with E-state index < -0.39 is 0 Å². The number of rotatable bonds is 3. The van der Waals surface area contributed by atoms with Gasteiger partial charge >= 0.3 is 0 Å². The van der Waals surface area contributed by atoms with E-state index in [1.165, 1.54) is 32.3 Å². The Labute approximate surface area is 246 Å². The molecular weight excluding hydrogens is 526 g/mol. The fourth-order valence-corrected chi connectivity index (χ4v) is 6.35. The molecular formula is C39H23N3O. The van der Waals surface area contributed by atoms with Gasteiger partial charge in [0.1, 0.15) is 11.2 Å². The summed E-state index contributed by atoms with van der Waals surface area (Å²) in [6.45, 7) is 0. The summed E-state index contributed by atoms with van der Waals surface area (Å²) in [4.78, 5) is 15.2. The van der Waals surface area contributed by atoms with E-state index in [-0.39, 0.29) is 0 Å². The summed E-state index contributed by atoms with van der Waals surface area (Å²) in [5.74, 6) is 1.88. The van der Waals surface area contributed by atoms with Crippen LogP contribution < -0.4 is 0 Å². The first kappa shape index (κ1) is 23.8. The zero-order valence-electron chi connectivity index (χ0n) is 23.0. The number of furan rings is 1. The number of para-hydroxylation sites is 1. The van der Waals surface area contributed by atoms with Crippen LogP contribution in [0.5, 0.6) is 0 Å². The minimum atomic E-state index is 0.615.